The van der Waals surface area contributed by atoms with Crippen LogP contribution in [0.3, 0.4) is 0 Å². The van der Waals surface area contributed by atoms with Crippen molar-refractivity contribution >= 4 is 5.97 Å². The van der Waals surface area contributed by atoms with Crippen LogP contribution in [0, 0.1) is 0 Å². The van der Waals surface area contributed by atoms with Crippen molar-refractivity contribution in [1.29, 1.82) is 0 Å². The molecule has 0 bridgehead atoms. The molecule has 1 aromatic heterocycles. The van der Waals surface area contributed by atoms with E-state index in [-0.39, 0.29) is 11.6 Å². The third kappa shape index (κ3) is 1.94. The molecular formula is C11H9NO4. The lowest BCUT2D eigenvalue weighted by Gasteiger charge is -2.05. The summed E-state index contributed by atoms with van der Waals surface area (Å²) in [6.45, 7) is 0. The summed E-state index contributed by atoms with van der Waals surface area (Å²) in [5, 5.41) is 18.5. The fourth-order valence-corrected chi connectivity index (χ4v) is 1.29. The topological polar surface area (TPSA) is 83.6 Å². The molecule has 0 saturated heterocycles. The second kappa shape index (κ2) is 4.16. The van der Waals surface area contributed by atoms with Gasteiger partial charge in [-0.3, -0.25) is 0 Å². The molecule has 2 rings (SSSR count). The van der Waals surface area contributed by atoms with Crippen LogP contribution in [0.2, 0.25) is 0 Å². The average Bonchev–Trinajstić information content (AvgIpc) is 2.78. The van der Waals surface area contributed by atoms with E-state index in [0.717, 1.165) is 6.26 Å². The van der Waals surface area contributed by atoms with Crippen molar-refractivity contribution in [3.63, 3.8) is 0 Å². The number of aromatic carboxylic acids is 1. The molecule has 5 nitrogen and oxygen atoms in total. The second-order valence-electron chi connectivity index (χ2n) is 3.19. The Balaban J connectivity index is 2.27. The highest BCUT2D eigenvalue weighted by Gasteiger charge is 2.18. The van der Waals surface area contributed by atoms with Gasteiger partial charge in [0, 0.05) is 0 Å². The lowest BCUT2D eigenvalue weighted by Crippen LogP contribution is -2.02. The number of carboxylic acid groups (broad SMARTS) is 1. The SMILES string of the molecule is O=C(O)c1coc(C(O)c2ccccc2)n1. The molecule has 1 unspecified atom stereocenters. The minimum Gasteiger partial charge on any atom is -0.476 e. The fraction of sp³-hybridized carbons (Fsp3) is 0.0909. The first-order valence-corrected chi connectivity index (χ1v) is 4.60. The molecule has 5 heteroatoms. The highest BCUT2D eigenvalue weighted by molar-refractivity contribution is 5.84. The maximum absolute atomic E-state index is 10.6. The number of aliphatic hydroxyl groups excluding tert-OH is 1. The molecule has 0 aliphatic rings. The van der Waals surface area contributed by atoms with Crippen molar-refractivity contribution in [2.45, 2.75) is 6.10 Å². The van der Waals surface area contributed by atoms with Crippen molar-refractivity contribution in [1.82, 2.24) is 4.98 Å². The van der Waals surface area contributed by atoms with Crippen molar-refractivity contribution in [2.75, 3.05) is 0 Å². The van der Waals surface area contributed by atoms with Crippen molar-refractivity contribution in [3.8, 4) is 0 Å². The van der Waals surface area contributed by atoms with Gasteiger partial charge in [0.25, 0.3) is 0 Å². The minimum absolute atomic E-state index is 0.0244. The summed E-state index contributed by atoms with van der Waals surface area (Å²) < 4.78 is 4.90. The second-order valence-corrected chi connectivity index (χ2v) is 3.19. The zero-order valence-electron chi connectivity index (χ0n) is 8.20. The van der Waals surface area contributed by atoms with Gasteiger partial charge in [-0.05, 0) is 5.56 Å². The maximum atomic E-state index is 10.6. The number of hydrogen-bond acceptors (Lipinski definition) is 4. The van der Waals surface area contributed by atoms with Gasteiger partial charge in [-0.15, -0.1) is 0 Å². The Labute approximate surface area is 91.0 Å². The van der Waals surface area contributed by atoms with E-state index in [2.05, 4.69) is 4.98 Å². The third-order valence-electron chi connectivity index (χ3n) is 2.09. The van der Waals surface area contributed by atoms with Gasteiger partial charge in [0.15, 0.2) is 11.8 Å². The van der Waals surface area contributed by atoms with E-state index in [0.29, 0.717) is 5.56 Å². The van der Waals surface area contributed by atoms with Gasteiger partial charge in [0.05, 0.1) is 0 Å². The van der Waals surface area contributed by atoms with E-state index < -0.39 is 12.1 Å². The number of oxazole rings is 1. The number of aliphatic hydroxyl groups is 1. The van der Waals surface area contributed by atoms with Gasteiger partial charge in [0.2, 0.25) is 5.89 Å². The summed E-state index contributed by atoms with van der Waals surface area (Å²) in [5.41, 5.74) is 0.381. The van der Waals surface area contributed by atoms with Gasteiger partial charge in [0.1, 0.15) is 6.26 Å². The van der Waals surface area contributed by atoms with Crippen LogP contribution in [0.4, 0.5) is 0 Å². The molecular weight excluding hydrogens is 210 g/mol. The average molecular weight is 219 g/mol. The van der Waals surface area contributed by atoms with Crippen molar-refractivity contribution < 1.29 is 19.4 Å². The van der Waals surface area contributed by atoms with E-state index >= 15 is 0 Å². The Morgan fingerprint density at radius 3 is 2.56 bits per heavy atom. The van der Waals surface area contributed by atoms with Gasteiger partial charge >= 0.3 is 5.97 Å². The molecule has 1 aromatic carbocycles. The lowest BCUT2D eigenvalue weighted by molar-refractivity contribution is 0.0690. The van der Waals surface area contributed by atoms with Gasteiger partial charge in [-0.1, -0.05) is 30.3 Å². The highest BCUT2D eigenvalue weighted by Crippen LogP contribution is 2.20. The zero-order valence-corrected chi connectivity index (χ0v) is 8.20. The van der Waals surface area contributed by atoms with Gasteiger partial charge in [-0.2, -0.15) is 0 Å². The van der Waals surface area contributed by atoms with Gasteiger partial charge in [-0.25, -0.2) is 9.78 Å². The quantitative estimate of drug-likeness (QED) is 0.816. The highest BCUT2D eigenvalue weighted by atomic mass is 16.4. The molecule has 0 amide bonds. The van der Waals surface area contributed by atoms with E-state index in [1.165, 1.54) is 0 Å². The molecule has 0 radical (unpaired) electrons. The Hall–Kier alpha value is -2.14. The molecule has 2 aromatic rings. The number of carboxylic acids is 1. The van der Waals surface area contributed by atoms with Crippen LogP contribution in [0.25, 0.3) is 0 Å². The third-order valence-corrected chi connectivity index (χ3v) is 2.09. The maximum Gasteiger partial charge on any atom is 0.357 e. The molecule has 1 heterocycles. The molecule has 0 aliphatic heterocycles. The molecule has 82 valence electrons. The number of benzene rings is 1. The smallest absolute Gasteiger partial charge is 0.357 e. The zero-order chi connectivity index (χ0) is 11.5. The fourth-order valence-electron chi connectivity index (χ4n) is 1.29. The molecule has 16 heavy (non-hydrogen) atoms. The van der Waals surface area contributed by atoms with Crippen LogP contribution in [0.1, 0.15) is 28.0 Å². The normalized spacial score (nSPS) is 12.3. The number of nitrogens with zero attached hydrogens (tertiary/aromatic N) is 1. The van der Waals surface area contributed by atoms with Crippen LogP contribution in [-0.4, -0.2) is 21.2 Å². The Morgan fingerprint density at radius 1 is 1.31 bits per heavy atom. The number of aromatic nitrogens is 1. The van der Waals surface area contributed by atoms with E-state index in [1.54, 1.807) is 24.3 Å². The van der Waals surface area contributed by atoms with Crippen LogP contribution in [-0.2, 0) is 0 Å². The van der Waals surface area contributed by atoms with Crippen LogP contribution in [0.5, 0.6) is 0 Å². The summed E-state index contributed by atoms with van der Waals surface area (Å²) >= 11 is 0. The molecule has 1 atom stereocenters. The summed E-state index contributed by atoms with van der Waals surface area (Å²) in [4.78, 5) is 14.2. The predicted molar refractivity (Wildman–Crippen MR) is 54.0 cm³/mol. The largest absolute Gasteiger partial charge is 0.476 e. The molecule has 0 fully saturated rings. The Kier molecular flexibility index (Phi) is 2.70. The van der Waals surface area contributed by atoms with Crippen LogP contribution >= 0.6 is 0 Å². The first-order valence-electron chi connectivity index (χ1n) is 4.60. The summed E-state index contributed by atoms with van der Waals surface area (Å²) in [7, 11) is 0. The van der Waals surface area contributed by atoms with E-state index in [9.17, 15) is 9.90 Å². The van der Waals surface area contributed by atoms with Crippen molar-refractivity contribution in [3.05, 3.63) is 53.7 Å². The first kappa shape index (κ1) is 10.4. The molecule has 0 aliphatic carbocycles. The number of carbonyl (C=O) groups is 1. The minimum atomic E-state index is -1.18. The van der Waals surface area contributed by atoms with Crippen molar-refractivity contribution in [2.24, 2.45) is 0 Å². The Morgan fingerprint density at radius 2 is 2.00 bits per heavy atom. The Bertz CT molecular complexity index is 492. The summed E-state index contributed by atoms with van der Waals surface area (Å²) in [5.74, 6) is -1.21. The molecule has 2 N–H and O–H groups in total. The number of rotatable bonds is 3. The monoisotopic (exact) mass is 219 g/mol. The molecule has 0 saturated carbocycles. The summed E-state index contributed by atoms with van der Waals surface area (Å²) in [6.07, 6.45) is -0.0431. The lowest BCUT2D eigenvalue weighted by atomic mass is 10.1. The van der Waals surface area contributed by atoms with Crippen LogP contribution in [0.15, 0.2) is 41.0 Å². The first-order chi connectivity index (χ1) is 7.68. The standard InChI is InChI=1S/C11H9NO4/c13-9(7-4-2-1-3-5-7)10-12-8(6-16-10)11(14)15/h1-6,9,13H,(H,14,15). The summed E-state index contributed by atoms with van der Waals surface area (Å²) in [6, 6.07) is 8.75. The predicted octanol–water partition coefficient (Wildman–Crippen LogP) is 1.45. The van der Waals surface area contributed by atoms with E-state index in [1.807, 2.05) is 6.07 Å². The molecule has 0 spiro atoms. The van der Waals surface area contributed by atoms with Gasteiger partial charge < -0.3 is 14.6 Å². The number of hydrogen-bond donors (Lipinski definition) is 2. The van der Waals surface area contributed by atoms with Crippen LogP contribution < -0.4 is 0 Å². The van der Waals surface area contributed by atoms with E-state index in [4.69, 9.17) is 9.52 Å².